The summed E-state index contributed by atoms with van der Waals surface area (Å²) in [4.78, 5) is 10.2. The minimum atomic E-state index is -0.383. The minimum absolute atomic E-state index is 0.118. The molecule has 2 saturated carbocycles. The highest BCUT2D eigenvalue weighted by atomic mass is 16.6. The topological polar surface area (TPSA) is 52.4 Å². The average molecular weight is 247 g/mol. The summed E-state index contributed by atoms with van der Waals surface area (Å²) < 4.78 is 6.00. The van der Waals surface area contributed by atoms with Crippen LogP contribution in [0.1, 0.15) is 32.1 Å². The summed E-state index contributed by atoms with van der Waals surface area (Å²) in [5.41, 5.74) is 0.118. The van der Waals surface area contributed by atoms with E-state index in [9.17, 15) is 10.1 Å². The standard InChI is InChI=1S/C14H17NO3/c16-15(17)12-4-6-13(7-5-12)18-14-8-2-10-1-3-11(14)9-10/h4-7,10-11,14H,1-3,8-9H2/t10-,11+,14+/m1/s1. The van der Waals surface area contributed by atoms with E-state index < -0.39 is 0 Å². The van der Waals surface area contributed by atoms with Crippen molar-refractivity contribution in [2.75, 3.05) is 0 Å². The predicted octanol–water partition coefficient (Wildman–Crippen LogP) is 3.55. The van der Waals surface area contributed by atoms with Crippen molar-refractivity contribution in [3.63, 3.8) is 0 Å². The minimum Gasteiger partial charge on any atom is -0.490 e. The Labute approximate surface area is 106 Å². The van der Waals surface area contributed by atoms with Crippen LogP contribution in [0.4, 0.5) is 5.69 Å². The van der Waals surface area contributed by atoms with E-state index in [2.05, 4.69) is 0 Å². The molecule has 0 spiro atoms. The fourth-order valence-corrected chi connectivity index (χ4v) is 3.33. The molecule has 0 aliphatic heterocycles. The van der Waals surface area contributed by atoms with Gasteiger partial charge in [0.1, 0.15) is 11.9 Å². The van der Waals surface area contributed by atoms with Crippen LogP contribution in [0.15, 0.2) is 24.3 Å². The number of non-ortho nitro benzene ring substituents is 1. The van der Waals surface area contributed by atoms with Crippen molar-refractivity contribution < 1.29 is 9.66 Å². The zero-order chi connectivity index (χ0) is 12.5. The number of rotatable bonds is 3. The highest BCUT2D eigenvalue weighted by molar-refractivity contribution is 5.36. The van der Waals surface area contributed by atoms with Crippen LogP contribution >= 0.6 is 0 Å². The van der Waals surface area contributed by atoms with Crippen LogP contribution in [0.5, 0.6) is 5.75 Å². The monoisotopic (exact) mass is 247 g/mol. The molecule has 3 atom stereocenters. The van der Waals surface area contributed by atoms with E-state index >= 15 is 0 Å². The van der Waals surface area contributed by atoms with Gasteiger partial charge in [0, 0.05) is 12.1 Å². The van der Waals surface area contributed by atoms with Gasteiger partial charge in [0.05, 0.1) is 4.92 Å². The molecule has 1 aromatic rings. The highest BCUT2D eigenvalue weighted by Crippen LogP contribution is 2.43. The van der Waals surface area contributed by atoms with Crippen molar-refractivity contribution >= 4 is 5.69 Å². The molecule has 0 amide bonds. The number of nitrogens with zero attached hydrogens (tertiary/aromatic N) is 1. The van der Waals surface area contributed by atoms with Crippen molar-refractivity contribution in [3.8, 4) is 5.75 Å². The SMILES string of the molecule is O=[N+]([O-])c1ccc(O[C@H]2CC[C@H]3CC[C@H]2C3)cc1. The van der Waals surface area contributed by atoms with Gasteiger partial charge in [-0.1, -0.05) is 6.42 Å². The second kappa shape index (κ2) is 4.59. The van der Waals surface area contributed by atoms with Crippen LogP contribution in [0.25, 0.3) is 0 Å². The van der Waals surface area contributed by atoms with Gasteiger partial charge in [0.2, 0.25) is 0 Å². The molecule has 96 valence electrons. The lowest BCUT2D eigenvalue weighted by molar-refractivity contribution is -0.384. The van der Waals surface area contributed by atoms with Gasteiger partial charge < -0.3 is 4.74 Å². The van der Waals surface area contributed by atoms with Crippen molar-refractivity contribution in [1.29, 1.82) is 0 Å². The van der Waals surface area contributed by atoms with E-state index in [1.807, 2.05) is 0 Å². The number of ether oxygens (including phenoxy) is 1. The molecular formula is C14H17NO3. The van der Waals surface area contributed by atoms with Crippen LogP contribution in [0.3, 0.4) is 0 Å². The molecule has 2 fully saturated rings. The molecule has 0 unspecified atom stereocenters. The van der Waals surface area contributed by atoms with Gasteiger partial charge in [0.15, 0.2) is 0 Å². The summed E-state index contributed by atoms with van der Waals surface area (Å²) in [6.07, 6.45) is 6.65. The Kier molecular flexibility index (Phi) is 2.94. The second-order valence-electron chi connectivity index (χ2n) is 5.42. The Bertz CT molecular complexity index is 443. The van der Waals surface area contributed by atoms with Gasteiger partial charge in [-0.05, 0) is 49.7 Å². The molecule has 0 heterocycles. The van der Waals surface area contributed by atoms with E-state index in [4.69, 9.17) is 4.74 Å². The summed E-state index contributed by atoms with van der Waals surface area (Å²) >= 11 is 0. The van der Waals surface area contributed by atoms with E-state index in [0.717, 1.165) is 18.1 Å². The molecule has 0 saturated heterocycles. The van der Waals surface area contributed by atoms with Crippen LogP contribution in [-0.2, 0) is 0 Å². The zero-order valence-electron chi connectivity index (χ0n) is 10.2. The number of hydrogen-bond acceptors (Lipinski definition) is 3. The largest absolute Gasteiger partial charge is 0.490 e. The van der Waals surface area contributed by atoms with Gasteiger partial charge in [0.25, 0.3) is 5.69 Å². The quantitative estimate of drug-likeness (QED) is 0.606. The number of hydrogen-bond donors (Lipinski definition) is 0. The van der Waals surface area contributed by atoms with Gasteiger partial charge >= 0.3 is 0 Å². The van der Waals surface area contributed by atoms with Crippen molar-refractivity contribution in [2.45, 2.75) is 38.2 Å². The third-order valence-corrected chi connectivity index (χ3v) is 4.30. The van der Waals surface area contributed by atoms with Gasteiger partial charge in [-0.15, -0.1) is 0 Å². The number of nitro groups is 1. The molecule has 2 aliphatic rings. The van der Waals surface area contributed by atoms with E-state index in [1.54, 1.807) is 12.1 Å². The maximum absolute atomic E-state index is 10.6. The fraction of sp³-hybridized carbons (Fsp3) is 0.571. The first-order valence-corrected chi connectivity index (χ1v) is 6.63. The third kappa shape index (κ3) is 2.19. The van der Waals surface area contributed by atoms with Crippen LogP contribution in [0.2, 0.25) is 0 Å². The Hall–Kier alpha value is -1.58. The van der Waals surface area contributed by atoms with E-state index in [1.165, 1.54) is 37.8 Å². The summed E-state index contributed by atoms with van der Waals surface area (Å²) in [6, 6.07) is 6.43. The smallest absolute Gasteiger partial charge is 0.269 e. The number of nitro benzene ring substituents is 1. The van der Waals surface area contributed by atoms with Gasteiger partial charge in [-0.3, -0.25) is 10.1 Å². The molecule has 1 aromatic carbocycles. The van der Waals surface area contributed by atoms with Gasteiger partial charge in [-0.2, -0.15) is 0 Å². The first-order valence-electron chi connectivity index (χ1n) is 6.63. The summed E-state index contributed by atoms with van der Waals surface area (Å²) in [6.45, 7) is 0. The molecule has 0 N–H and O–H groups in total. The maximum Gasteiger partial charge on any atom is 0.269 e. The van der Waals surface area contributed by atoms with Crippen LogP contribution in [0, 0.1) is 22.0 Å². The normalized spacial score (nSPS) is 30.1. The lowest BCUT2D eigenvalue weighted by Crippen LogP contribution is -2.28. The lowest BCUT2D eigenvalue weighted by atomic mass is 9.87. The first-order chi connectivity index (χ1) is 8.72. The third-order valence-electron chi connectivity index (χ3n) is 4.30. The van der Waals surface area contributed by atoms with Crippen molar-refractivity contribution in [1.82, 2.24) is 0 Å². The van der Waals surface area contributed by atoms with Crippen LogP contribution < -0.4 is 4.74 Å². The number of fused-ring (bicyclic) bond motifs is 2. The summed E-state index contributed by atoms with van der Waals surface area (Å²) in [5.74, 6) is 2.38. The summed E-state index contributed by atoms with van der Waals surface area (Å²) in [7, 11) is 0. The molecule has 0 aromatic heterocycles. The predicted molar refractivity (Wildman–Crippen MR) is 67.6 cm³/mol. The lowest BCUT2D eigenvalue weighted by Gasteiger charge is -2.29. The Morgan fingerprint density at radius 3 is 2.56 bits per heavy atom. The Morgan fingerprint density at radius 1 is 1.11 bits per heavy atom. The van der Waals surface area contributed by atoms with Crippen LogP contribution in [-0.4, -0.2) is 11.0 Å². The fourth-order valence-electron chi connectivity index (χ4n) is 3.33. The van der Waals surface area contributed by atoms with Crippen molar-refractivity contribution in [3.05, 3.63) is 34.4 Å². The molecule has 18 heavy (non-hydrogen) atoms. The average Bonchev–Trinajstić information content (AvgIpc) is 2.76. The van der Waals surface area contributed by atoms with Crippen molar-refractivity contribution in [2.24, 2.45) is 11.8 Å². The Morgan fingerprint density at radius 2 is 1.83 bits per heavy atom. The first kappa shape index (κ1) is 11.5. The molecule has 4 nitrogen and oxygen atoms in total. The number of benzene rings is 1. The molecule has 0 radical (unpaired) electrons. The second-order valence-corrected chi connectivity index (χ2v) is 5.42. The molecule has 4 heteroatoms. The highest BCUT2D eigenvalue weighted by Gasteiger charge is 2.36. The van der Waals surface area contributed by atoms with Gasteiger partial charge in [-0.25, -0.2) is 0 Å². The molecule has 2 aliphatic carbocycles. The maximum atomic E-state index is 10.6. The molecule has 2 bridgehead atoms. The summed E-state index contributed by atoms with van der Waals surface area (Å²) in [5, 5.41) is 10.6. The zero-order valence-corrected chi connectivity index (χ0v) is 10.2. The molecular weight excluding hydrogens is 230 g/mol. The van der Waals surface area contributed by atoms with E-state index in [-0.39, 0.29) is 10.6 Å². The van der Waals surface area contributed by atoms with E-state index in [0.29, 0.717) is 12.0 Å². The molecule has 3 rings (SSSR count). The Balaban J connectivity index is 1.67.